The Balaban J connectivity index is 2.14. The summed E-state index contributed by atoms with van der Waals surface area (Å²) >= 11 is 17.2. The predicted molar refractivity (Wildman–Crippen MR) is 70.0 cm³/mol. The lowest BCUT2D eigenvalue weighted by atomic mass is 10.3. The number of ether oxygens (including phenoxy) is 1. The maximum Gasteiger partial charge on any atom is 0.183 e. The minimum absolute atomic E-state index is 0.00725. The Kier molecular flexibility index (Phi) is 4.27. The van der Waals surface area contributed by atoms with Crippen LogP contribution in [-0.2, 0) is 6.61 Å². The molecule has 1 heterocycles. The van der Waals surface area contributed by atoms with E-state index in [-0.39, 0.29) is 22.5 Å². The average Bonchev–Trinajstić information content (AvgIpc) is 2.33. The van der Waals surface area contributed by atoms with Gasteiger partial charge in [0.2, 0.25) is 0 Å². The van der Waals surface area contributed by atoms with Crippen LogP contribution in [0.5, 0.6) is 5.75 Å². The zero-order valence-corrected chi connectivity index (χ0v) is 11.2. The topological polar surface area (TPSA) is 22.1 Å². The van der Waals surface area contributed by atoms with Gasteiger partial charge in [0, 0.05) is 11.8 Å². The fraction of sp³-hybridized carbons (Fsp3) is 0.0833. The predicted octanol–water partition coefficient (Wildman–Crippen LogP) is 4.76. The molecule has 2 rings (SSSR count). The van der Waals surface area contributed by atoms with Crippen molar-refractivity contribution in [3.8, 4) is 5.75 Å². The van der Waals surface area contributed by atoms with Crippen molar-refractivity contribution in [2.75, 3.05) is 0 Å². The Hall–Kier alpha value is -1.03. The second-order valence-corrected chi connectivity index (χ2v) is 4.64. The lowest BCUT2D eigenvalue weighted by molar-refractivity contribution is 0.290. The van der Waals surface area contributed by atoms with Gasteiger partial charge in [0.05, 0.1) is 10.0 Å². The molecule has 18 heavy (non-hydrogen) atoms. The van der Waals surface area contributed by atoms with Gasteiger partial charge in [-0.1, -0.05) is 40.9 Å². The molecule has 0 radical (unpaired) electrons. The molecule has 2 nitrogen and oxygen atoms in total. The van der Waals surface area contributed by atoms with Crippen molar-refractivity contribution in [3.05, 3.63) is 57.0 Å². The summed E-state index contributed by atoms with van der Waals surface area (Å²) in [4.78, 5) is 3.87. The standard InChI is InChI=1S/C12H7Cl3FNO/c13-8-2-1-3-10(12(8)16)18-6-7-5-17-11(15)4-9(7)14/h1-5H,6H2. The molecule has 0 fully saturated rings. The molecule has 0 spiro atoms. The quantitative estimate of drug-likeness (QED) is 0.763. The molecule has 0 N–H and O–H groups in total. The SMILES string of the molecule is Fc1c(Cl)cccc1OCc1cnc(Cl)cc1Cl. The van der Waals surface area contributed by atoms with Gasteiger partial charge in [-0.15, -0.1) is 0 Å². The molecule has 6 heteroatoms. The normalized spacial score (nSPS) is 10.4. The second kappa shape index (κ2) is 5.74. The van der Waals surface area contributed by atoms with E-state index in [1.807, 2.05) is 0 Å². The molecule has 1 aromatic heterocycles. The highest BCUT2D eigenvalue weighted by Gasteiger charge is 2.09. The first-order chi connectivity index (χ1) is 8.58. The van der Waals surface area contributed by atoms with Gasteiger partial charge in [0.15, 0.2) is 11.6 Å². The van der Waals surface area contributed by atoms with Crippen LogP contribution in [-0.4, -0.2) is 4.98 Å². The highest BCUT2D eigenvalue weighted by molar-refractivity contribution is 6.34. The molecule has 0 aliphatic carbocycles. The van der Waals surface area contributed by atoms with E-state index < -0.39 is 5.82 Å². The van der Waals surface area contributed by atoms with Crippen molar-refractivity contribution in [1.82, 2.24) is 4.98 Å². The van der Waals surface area contributed by atoms with Crippen LogP contribution in [0.25, 0.3) is 0 Å². The fourth-order valence-electron chi connectivity index (χ4n) is 1.29. The molecule has 0 saturated heterocycles. The maximum atomic E-state index is 13.5. The van der Waals surface area contributed by atoms with Crippen LogP contribution in [0.1, 0.15) is 5.56 Å². The zero-order chi connectivity index (χ0) is 13.1. The number of rotatable bonds is 3. The van der Waals surface area contributed by atoms with E-state index in [1.165, 1.54) is 24.4 Å². The summed E-state index contributed by atoms with van der Waals surface area (Å²) < 4.78 is 18.8. The summed E-state index contributed by atoms with van der Waals surface area (Å²) in [6, 6.07) is 6.03. The maximum absolute atomic E-state index is 13.5. The van der Waals surface area contributed by atoms with E-state index >= 15 is 0 Å². The Morgan fingerprint density at radius 1 is 1.17 bits per heavy atom. The van der Waals surface area contributed by atoms with Crippen molar-refractivity contribution in [1.29, 1.82) is 0 Å². The van der Waals surface area contributed by atoms with Crippen LogP contribution in [0.3, 0.4) is 0 Å². The average molecular weight is 307 g/mol. The summed E-state index contributed by atoms with van der Waals surface area (Å²) in [5.41, 5.74) is 0.612. The van der Waals surface area contributed by atoms with E-state index in [1.54, 1.807) is 6.07 Å². The van der Waals surface area contributed by atoms with E-state index in [4.69, 9.17) is 39.5 Å². The largest absolute Gasteiger partial charge is 0.486 e. The molecule has 94 valence electrons. The second-order valence-electron chi connectivity index (χ2n) is 3.44. The summed E-state index contributed by atoms with van der Waals surface area (Å²) in [5.74, 6) is -0.536. The minimum Gasteiger partial charge on any atom is -0.486 e. The molecular formula is C12H7Cl3FNO. The number of hydrogen-bond donors (Lipinski definition) is 0. The van der Waals surface area contributed by atoms with Crippen molar-refractivity contribution < 1.29 is 9.13 Å². The van der Waals surface area contributed by atoms with Crippen LogP contribution in [0.15, 0.2) is 30.5 Å². The molecule has 0 aliphatic heterocycles. The first-order valence-electron chi connectivity index (χ1n) is 4.94. The number of hydrogen-bond acceptors (Lipinski definition) is 2. The Labute approximate surface area is 118 Å². The van der Waals surface area contributed by atoms with E-state index in [9.17, 15) is 4.39 Å². The first kappa shape index (κ1) is 13.4. The smallest absolute Gasteiger partial charge is 0.183 e. The van der Waals surface area contributed by atoms with Gasteiger partial charge in [-0.05, 0) is 18.2 Å². The van der Waals surface area contributed by atoms with Crippen LogP contribution < -0.4 is 4.74 Å². The molecule has 0 bridgehead atoms. The van der Waals surface area contributed by atoms with Crippen molar-refractivity contribution in [3.63, 3.8) is 0 Å². The molecule has 0 amide bonds. The van der Waals surface area contributed by atoms with Crippen molar-refractivity contribution in [2.45, 2.75) is 6.61 Å². The van der Waals surface area contributed by atoms with Gasteiger partial charge in [0.1, 0.15) is 11.8 Å². The van der Waals surface area contributed by atoms with Gasteiger partial charge < -0.3 is 4.74 Å². The van der Waals surface area contributed by atoms with Gasteiger partial charge in [-0.2, -0.15) is 0 Å². The Morgan fingerprint density at radius 3 is 2.67 bits per heavy atom. The number of halogens is 4. The highest BCUT2D eigenvalue weighted by Crippen LogP contribution is 2.26. The summed E-state index contributed by atoms with van der Waals surface area (Å²) in [7, 11) is 0. The van der Waals surface area contributed by atoms with E-state index in [2.05, 4.69) is 4.98 Å². The third-order valence-electron chi connectivity index (χ3n) is 2.20. The highest BCUT2D eigenvalue weighted by atomic mass is 35.5. The fourth-order valence-corrected chi connectivity index (χ4v) is 1.88. The van der Waals surface area contributed by atoms with Gasteiger partial charge in [-0.3, -0.25) is 0 Å². The lowest BCUT2D eigenvalue weighted by Gasteiger charge is -2.09. The summed E-state index contributed by atoms with van der Waals surface area (Å²) in [6.45, 7) is 0.0836. The number of pyridine rings is 1. The Morgan fingerprint density at radius 2 is 1.94 bits per heavy atom. The number of nitrogens with zero attached hydrogens (tertiary/aromatic N) is 1. The van der Waals surface area contributed by atoms with Crippen LogP contribution in [0.4, 0.5) is 4.39 Å². The van der Waals surface area contributed by atoms with Crippen molar-refractivity contribution in [2.24, 2.45) is 0 Å². The van der Waals surface area contributed by atoms with Gasteiger partial charge in [0.25, 0.3) is 0 Å². The lowest BCUT2D eigenvalue weighted by Crippen LogP contribution is -1.99. The van der Waals surface area contributed by atoms with Crippen LogP contribution >= 0.6 is 34.8 Å². The number of benzene rings is 1. The third kappa shape index (κ3) is 3.05. The molecule has 0 unspecified atom stereocenters. The molecule has 0 aliphatic rings. The van der Waals surface area contributed by atoms with Gasteiger partial charge >= 0.3 is 0 Å². The van der Waals surface area contributed by atoms with E-state index in [0.717, 1.165) is 0 Å². The first-order valence-corrected chi connectivity index (χ1v) is 6.08. The summed E-state index contributed by atoms with van der Waals surface area (Å²) in [6.07, 6.45) is 1.48. The van der Waals surface area contributed by atoms with Crippen molar-refractivity contribution >= 4 is 34.8 Å². The summed E-state index contributed by atoms with van der Waals surface area (Å²) in [5, 5.41) is 0.711. The van der Waals surface area contributed by atoms with Crippen LogP contribution in [0.2, 0.25) is 15.2 Å². The monoisotopic (exact) mass is 305 g/mol. The number of aromatic nitrogens is 1. The van der Waals surface area contributed by atoms with Crippen LogP contribution in [0, 0.1) is 5.82 Å². The minimum atomic E-state index is -0.600. The zero-order valence-electron chi connectivity index (χ0n) is 8.96. The molecular weight excluding hydrogens is 299 g/mol. The molecule has 0 atom stereocenters. The Bertz CT molecular complexity index is 577. The van der Waals surface area contributed by atoms with Gasteiger partial charge in [-0.25, -0.2) is 9.37 Å². The molecule has 2 aromatic rings. The molecule has 0 saturated carbocycles. The third-order valence-corrected chi connectivity index (χ3v) is 3.05. The van der Waals surface area contributed by atoms with E-state index in [0.29, 0.717) is 10.6 Å². The molecule has 1 aromatic carbocycles.